The zero-order chi connectivity index (χ0) is 12.1. The first-order valence-corrected chi connectivity index (χ1v) is 6.72. The fourth-order valence-electron chi connectivity index (χ4n) is 1.61. The van der Waals surface area contributed by atoms with Crippen LogP contribution in [0.3, 0.4) is 0 Å². The van der Waals surface area contributed by atoms with E-state index in [2.05, 4.69) is 17.2 Å². The molecule has 0 aromatic carbocycles. The van der Waals surface area contributed by atoms with Gasteiger partial charge in [0, 0.05) is 0 Å². The van der Waals surface area contributed by atoms with Crippen LogP contribution < -0.4 is 5.32 Å². The van der Waals surface area contributed by atoms with Crippen LogP contribution in [-0.2, 0) is 11.3 Å². The monoisotopic (exact) mass is 252 g/mol. The molecule has 1 aromatic rings. The lowest BCUT2D eigenvalue weighted by Gasteiger charge is -2.01. The Morgan fingerprint density at radius 2 is 2.47 bits per heavy atom. The molecular weight excluding hydrogens is 236 g/mol. The van der Waals surface area contributed by atoms with Crippen LogP contribution in [0, 0.1) is 0 Å². The molecule has 1 aliphatic rings. The number of carbonyl (C=O) groups is 1. The minimum Gasteiger partial charge on any atom is -0.467 e. The molecule has 1 amide bonds. The number of furan rings is 1. The highest BCUT2D eigenvalue weighted by Gasteiger charge is 2.29. The van der Waals surface area contributed by atoms with E-state index < -0.39 is 0 Å². The molecule has 5 heteroatoms. The van der Waals surface area contributed by atoms with E-state index in [1.165, 1.54) is 11.8 Å². The van der Waals surface area contributed by atoms with E-state index >= 15 is 0 Å². The number of unbranched alkanes of at least 4 members (excludes halogenated alkanes) is 1. The Morgan fingerprint density at radius 1 is 1.59 bits per heavy atom. The lowest BCUT2D eigenvalue weighted by atomic mass is 10.2. The number of hydrogen-bond donors (Lipinski definition) is 1. The van der Waals surface area contributed by atoms with Crippen LogP contribution in [0.15, 0.2) is 27.8 Å². The number of amidine groups is 1. The second-order valence-electron chi connectivity index (χ2n) is 3.94. The average molecular weight is 252 g/mol. The third-order valence-corrected chi connectivity index (χ3v) is 3.74. The highest BCUT2D eigenvalue weighted by molar-refractivity contribution is 8.15. The Hall–Kier alpha value is -1.23. The first-order chi connectivity index (χ1) is 8.29. The second kappa shape index (κ2) is 5.91. The van der Waals surface area contributed by atoms with Gasteiger partial charge in [0.05, 0.1) is 18.1 Å². The Kier molecular flexibility index (Phi) is 4.25. The van der Waals surface area contributed by atoms with Crippen molar-refractivity contribution in [1.82, 2.24) is 5.32 Å². The van der Waals surface area contributed by atoms with Gasteiger partial charge in [-0.05, 0) is 18.6 Å². The van der Waals surface area contributed by atoms with Gasteiger partial charge < -0.3 is 9.73 Å². The van der Waals surface area contributed by atoms with E-state index in [0.29, 0.717) is 11.7 Å². The molecule has 1 unspecified atom stereocenters. The first kappa shape index (κ1) is 12.2. The maximum absolute atomic E-state index is 11.6. The van der Waals surface area contributed by atoms with Gasteiger partial charge in [0.1, 0.15) is 5.76 Å². The summed E-state index contributed by atoms with van der Waals surface area (Å²) in [4.78, 5) is 15.9. The summed E-state index contributed by atoms with van der Waals surface area (Å²) >= 11 is 1.53. The summed E-state index contributed by atoms with van der Waals surface area (Å²) in [6.45, 7) is 2.61. The fourth-order valence-corrected chi connectivity index (χ4v) is 2.63. The Bertz CT molecular complexity index is 401. The molecule has 0 radical (unpaired) electrons. The molecule has 1 aromatic heterocycles. The highest BCUT2D eigenvalue weighted by Crippen LogP contribution is 2.24. The zero-order valence-corrected chi connectivity index (χ0v) is 10.6. The Balaban J connectivity index is 1.87. The zero-order valence-electron chi connectivity index (χ0n) is 9.81. The van der Waals surface area contributed by atoms with E-state index in [9.17, 15) is 4.79 Å². The van der Waals surface area contributed by atoms with Crippen molar-refractivity contribution >= 4 is 22.8 Å². The summed E-state index contributed by atoms with van der Waals surface area (Å²) in [6, 6.07) is 3.71. The van der Waals surface area contributed by atoms with Crippen LogP contribution in [0.1, 0.15) is 31.9 Å². The summed E-state index contributed by atoms with van der Waals surface area (Å²) in [5.74, 6) is 0.894. The van der Waals surface area contributed by atoms with Crippen molar-refractivity contribution in [2.24, 2.45) is 4.99 Å². The number of aliphatic imine (C=N–C) groups is 1. The Labute approximate surface area is 105 Å². The molecule has 0 saturated carbocycles. The van der Waals surface area contributed by atoms with E-state index in [-0.39, 0.29) is 11.2 Å². The minimum atomic E-state index is 0.0327. The van der Waals surface area contributed by atoms with Crippen LogP contribution in [0.4, 0.5) is 0 Å². The highest BCUT2D eigenvalue weighted by atomic mass is 32.2. The Morgan fingerprint density at radius 3 is 3.18 bits per heavy atom. The number of rotatable bonds is 5. The maximum atomic E-state index is 11.6. The van der Waals surface area contributed by atoms with Gasteiger partial charge in [-0.3, -0.25) is 9.79 Å². The molecule has 1 aliphatic heterocycles. The summed E-state index contributed by atoms with van der Waals surface area (Å²) in [5.41, 5.74) is 0. The molecule has 2 heterocycles. The molecule has 1 saturated heterocycles. The van der Waals surface area contributed by atoms with Gasteiger partial charge in [-0.1, -0.05) is 31.5 Å². The summed E-state index contributed by atoms with van der Waals surface area (Å²) in [7, 11) is 0. The van der Waals surface area contributed by atoms with Crippen LogP contribution in [0.25, 0.3) is 0 Å². The van der Waals surface area contributed by atoms with E-state index in [4.69, 9.17) is 4.42 Å². The van der Waals surface area contributed by atoms with Crippen molar-refractivity contribution in [3.63, 3.8) is 0 Å². The molecule has 1 fully saturated rings. The minimum absolute atomic E-state index is 0.0327. The molecule has 1 atom stereocenters. The first-order valence-electron chi connectivity index (χ1n) is 5.84. The SMILES string of the molecule is CCCCC1SC(=NCc2ccco2)NC1=O. The van der Waals surface area contributed by atoms with Crippen molar-refractivity contribution in [1.29, 1.82) is 0 Å². The van der Waals surface area contributed by atoms with Crippen molar-refractivity contribution < 1.29 is 9.21 Å². The van der Waals surface area contributed by atoms with Crippen LogP contribution in [0.2, 0.25) is 0 Å². The van der Waals surface area contributed by atoms with Gasteiger partial charge in [0.25, 0.3) is 0 Å². The van der Waals surface area contributed by atoms with Crippen molar-refractivity contribution in [2.45, 2.75) is 38.0 Å². The number of amides is 1. The van der Waals surface area contributed by atoms with Crippen LogP contribution >= 0.6 is 11.8 Å². The summed E-state index contributed by atoms with van der Waals surface area (Å²) < 4.78 is 5.18. The van der Waals surface area contributed by atoms with Crippen molar-refractivity contribution in [3.8, 4) is 0 Å². The van der Waals surface area contributed by atoms with Crippen LogP contribution in [0.5, 0.6) is 0 Å². The van der Waals surface area contributed by atoms with Crippen molar-refractivity contribution in [2.75, 3.05) is 0 Å². The quantitative estimate of drug-likeness (QED) is 0.876. The number of thioether (sulfide) groups is 1. The molecule has 0 spiro atoms. The molecule has 2 rings (SSSR count). The molecule has 0 aliphatic carbocycles. The normalized spacial score (nSPS) is 22.1. The van der Waals surface area contributed by atoms with Gasteiger partial charge in [0.2, 0.25) is 5.91 Å². The standard InChI is InChI=1S/C12H16N2O2S/c1-2-3-6-10-11(15)14-12(17-10)13-8-9-5-4-7-16-9/h4-5,7,10H,2-3,6,8H2,1H3,(H,13,14,15). The second-order valence-corrected chi connectivity index (χ2v) is 5.13. The number of carbonyl (C=O) groups excluding carboxylic acids is 1. The lowest BCUT2D eigenvalue weighted by Crippen LogP contribution is -2.24. The molecule has 4 nitrogen and oxygen atoms in total. The fraction of sp³-hybridized carbons (Fsp3) is 0.500. The van der Waals surface area contributed by atoms with Gasteiger partial charge in [-0.2, -0.15) is 0 Å². The van der Waals surface area contributed by atoms with Crippen molar-refractivity contribution in [3.05, 3.63) is 24.2 Å². The molecule has 17 heavy (non-hydrogen) atoms. The molecular formula is C12H16N2O2S. The van der Waals surface area contributed by atoms with Gasteiger partial charge in [-0.25, -0.2) is 0 Å². The predicted octanol–water partition coefficient (Wildman–Crippen LogP) is 2.56. The summed E-state index contributed by atoms with van der Waals surface area (Å²) in [5, 5.41) is 3.56. The van der Waals surface area contributed by atoms with Gasteiger partial charge >= 0.3 is 0 Å². The van der Waals surface area contributed by atoms with E-state index in [1.807, 2.05) is 12.1 Å². The van der Waals surface area contributed by atoms with Gasteiger partial charge in [0.15, 0.2) is 5.17 Å². The topological polar surface area (TPSA) is 54.6 Å². The third kappa shape index (κ3) is 3.36. The smallest absolute Gasteiger partial charge is 0.239 e. The number of hydrogen-bond acceptors (Lipinski definition) is 4. The number of nitrogens with zero attached hydrogens (tertiary/aromatic N) is 1. The molecule has 92 valence electrons. The van der Waals surface area contributed by atoms with E-state index in [1.54, 1.807) is 6.26 Å². The third-order valence-electron chi connectivity index (χ3n) is 2.55. The van der Waals surface area contributed by atoms with Gasteiger partial charge in [-0.15, -0.1) is 0 Å². The summed E-state index contributed by atoms with van der Waals surface area (Å²) in [6.07, 6.45) is 4.74. The lowest BCUT2D eigenvalue weighted by molar-refractivity contribution is -0.118. The number of nitrogens with one attached hydrogen (secondary N) is 1. The molecule has 1 N–H and O–H groups in total. The van der Waals surface area contributed by atoms with Crippen LogP contribution in [-0.4, -0.2) is 16.3 Å². The average Bonchev–Trinajstić information content (AvgIpc) is 2.93. The maximum Gasteiger partial charge on any atom is 0.239 e. The predicted molar refractivity (Wildman–Crippen MR) is 68.9 cm³/mol. The largest absolute Gasteiger partial charge is 0.467 e. The van der Waals surface area contributed by atoms with E-state index in [0.717, 1.165) is 25.0 Å². The molecule has 0 bridgehead atoms.